The molecule has 0 saturated carbocycles. The number of carbonyl (C=O) groups excluding carboxylic acids is 1. The summed E-state index contributed by atoms with van der Waals surface area (Å²) in [5, 5.41) is 15.5. The van der Waals surface area contributed by atoms with E-state index < -0.39 is 17.5 Å². The van der Waals surface area contributed by atoms with Crippen molar-refractivity contribution in [3.63, 3.8) is 0 Å². The zero-order valence-electron chi connectivity index (χ0n) is 9.27. The maximum Gasteiger partial charge on any atom is 0.195 e. The summed E-state index contributed by atoms with van der Waals surface area (Å²) in [7, 11) is 0. The van der Waals surface area contributed by atoms with Crippen molar-refractivity contribution < 1.29 is 18.0 Å². The Kier molecular flexibility index (Phi) is 3.29. The maximum absolute atomic E-state index is 13.7. The van der Waals surface area contributed by atoms with Crippen LogP contribution in [-0.4, -0.2) is 21.3 Å². The number of aromatic nitrogens is 3. The lowest BCUT2D eigenvalue weighted by atomic mass is 10.1. The number of halogens is 3. The SMILES string of the molecule is N#CCn1nnc(C=O)c1-c1ccc(F)c(F)c1F. The van der Waals surface area contributed by atoms with Crippen LogP contribution in [-0.2, 0) is 6.54 Å². The summed E-state index contributed by atoms with van der Waals surface area (Å²) in [5.41, 5.74) is -0.825. The van der Waals surface area contributed by atoms with Gasteiger partial charge in [0.1, 0.15) is 12.2 Å². The van der Waals surface area contributed by atoms with E-state index in [0.717, 1.165) is 10.7 Å². The Morgan fingerprint density at radius 1 is 1.32 bits per heavy atom. The fourth-order valence-electron chi connectivity index (χ4n) is 1.57. The molecule has 0 aliphatic heterocycles. The van der Waals surface area contributed by atoms with E-state index in [0.29, 0.717) is 6.07 Å². The van der Waals surface area contributed by atoms with E-state index in [2.05, 4.69) is 10.3 Å². The third-order valence-corrected chi connectivity index (χ3v) is 2.38. The summed E-state index contributed by atoms with van der Waals surface area (Å²) >= 11 is 0. The van der Waals surface area contributed by atoms with Gasteiger partial charge >= 0.3 is 0 Å². The van der Waals surface area contributed by atoms with Gasteiger partial charge < -0.3 is 0 Å². The highest BCUT2D eigenvalue weighted by Gasteiger charge is 2.21. The van der Waals surface area contributed by atoms with Gasteiger partial charge in [-0.1, -0.05) is 5.21 Å². The molecule has 2 rings (SSSR count). The van der Waals surface area contributed by atoms with E-state index in [9.17, 15) is 18.0 Å². The van der Waals surface area contributed by atoms with E-state index in [-0.39, 0.29) is 29.8 Å². The van der Waals surface area contributed by atoms with Gasteiger partial charge in [-0.2, -0.15) is 5.26 Å². The molecule has 0 bridgehead atoms. The standard InChI is InChI=1S/C11H5F3N4O/c12-7-2-1-6(9(13)10(7)14)11-8(5-19)16-17-18(11)4-3-15/h1-2,5H,4H2. The second kappa shape index (κ2) is 4.89. The fraction of sp³-hybridized carbons (Fsp3) is 0.0909. The molecule has 1 aromatic heterocycles. The van der Waals surface area contributed by atoms with Crippen LogP contribution in [0.3, 0.4) is 0 Å². The van der Waals surface area contributed by atoms with Crippen molar-refractivity contribution >= 4 is 6.29 Å². The molecule has 1 heterocycles. The van der Waals surface area contributed by atoms with Crippen molar-refractivity contribution in [1.82, 2.24) is 15.0 Å². The lowest BCUT2D eigenvalue weighted by molar-refractivity contribution is 0.111. The van der Waals surface area contributed by atoms with E-state index >= 15 is 0 Å². The summed E-state index contributed by atoms with van der Waals surface area (Å²) in [6.45, 7) is -0.311. The van der Waals surface area contributed by atoms with E-state index in [4.69, 9.17) is 5.26 Å². The molecule has 0 aliphatic carbocycles. The quantitative estimate of drug-likeness (QED) is 0.626. The van der Waals surface area contributed by atoms with Gasteiger partial charge in [-0.05, 0) is 12.1 Å². The summed E-state index contributed by atoms with van der Waals surface area (Å²) < 4.78 is 40.6. The van der Waals surface area contributed by atoms with Crippen LogP contribution in [0.1, 0.15) is 10.5 Å². The van der Waals surface area contributed by atoms with Crippen LogP contribution in [0.4, 0.5) is 13.2 Å². The Bertz CT molecular complexity index is 690. The van der Waals surface area contributed by atoms with Gasteiger partial charge in [0.05, 0.1) is 6.07 Å². The molecule has 5 nitrogen and oxygen atoms in total. The van der Waals surface area contributed by atoms with Crippen LogP contribution in [0.2, 0.25) is 0 Å². The number of nitriles is 1. The molecule has 0 N–H and O–H groups in total. The first kappa shape index (κ1) is 12.8. The summed E-state index contributed by atoms with van der Waals surface area (Å²) in [5.74, 6) is -4.49. The van der Waals surface area contributed by atoms with Crippen molar-refractivity contribution in [3.05, 3.63) is 35.3 Å². The minimum atomic E-state index is -1.67. The lowest BCUT2D eigenvalue weighted by Crippen LogP contribution is -2.04. The summed E-state index contributed by atoms with van der Waals surface area (Å²) in [6, 6.07) is 3.40. The van der Waals surface area contributed by atoms with Gasteiger partial charge in [0.25, 0.3) is 0 Å². The monoisotopic (exact) mass is 266 g/mol. The molecule has 2 aromatic rings. The smallest absolute Gasteiger partial charge is 0.195 e. The molecule has 0 aliphatic rings. The molecular formula is C11H5F3N4O. The minimum Gasteiger partial charge on any atom is -0.296 e. The Balaban J connectivity index is 2.71. The van der Waals surface area contributed by atoms with Crippen LogP contribution in [0, 0.1) is 28.8 Å². The molecule has 1 aromatic carbocycles. The molecule has 19 heavy (non-hydrogen) atoms. The van der Waals surface area contributed by atoms with Crippen LogP contribution in [0.25, 0.3) is 11.3 Å². The van der Waals surface area contributed by atoms with Crippen LogP contribution in [0.15, 0.2) is 12.1 Å². The second-order valence-corrected chi connectivity index (χ2v) is 3.48. The average Bonchev–Trinajstić information content (AvgIpc) is 2.80. The van der Waals surface area contributed by atoms with Crippen LogP contribution in [0.5, 0.6) is 0 Å². The normalized spacial score (nSPS) is 10.2. The summed E-state index contributed by atoms with van der Waals surface area (Å²) in [4.78, 5) is 10.8. The first-order valence-electron chi connectivity index (χ1n) is 4.99. The molecule has 8 heteroatoms. The molecule has 0 saturated heterocycles. The summed E-state index contributed by atoms with van der Waals surface area (Å²) in [6.07, 6.45) is 0.289. The molecule has 0 fully saturated rings. The predicted octanol–water partition coefficient (Wildman–Crippen LogP) is 1.70. The average molecular weight is 266 g/mol. The van der Waals surface area contributed by atoms with E-state index in [1.54, 1.807) is 6.07 Å². The fourth-order valence-corrected chi connectivity index (χ4v) is 1.57. The van der Waals surface area contributed by atoms with Crippen molar-refractivity contribution in [2.75, 3.05) is 0 Å². The third kappa shape index (κ3) is 2.06. The number of nitrogens with zero attached hydrogens (tertiary/aromatic N) is 4. The van der Waals surface area contributed by atoms with Crippen molar-refractivity contribution in [2.45, 2.75) is 6.54 Å². The molecule has 0 unspecified atom stereocenters. The second-order valence-electron chi connectivity index (χ2n) is 3.48. The van der Waals surface area contributed by atoms with Crippen LogP contribution >= 0.6 is 0 Å². The van der Waals surface area contributed by atoms with Crippen molar-refractivity contribution in [3.8, 4) is 17.3 Å². The number of hydrogen-bond acceptors (Lipinski definition) is 4. The Labute approximate surface area is 104 Å². The van der Waals surface area contributed by atoms with Crippen molar-refractivity contribution in [2.24, 2.45) is 0 Å². The number of aldehydes is 1. The van der Waals surface area contributed by atoms with Gasteiger partial charge in [0.2, 0.25) is 0 Å². The topological polar surface area (TPSA) is 71.6 Å². The zero-order valence-corrected chi connectivity index (χ0v) is 9.27. The van der Waals surface area contributed by atoms with Crippen LogP contribution < -0.4 is 0 Å². The number of hydrogen-bond donors (Lipinski definition) is 0. The first-order valence-corrected chi connectivity index (χ1v) is 4.99. The van der Waals surface area contributed by atoms with E-state index in [1.165, 1.54) is 0 Å². The predicted molar refractivity (Wildman–Crippen MR) is 56.3 cm³/mol. The highest BCUT2D eigenvalue weighted by molar-refractivity contribution is 5.83. The minimum absolute atomic E-state index is 0.173. The Hall–Kier alpha value is -2.69. The van der Waals surface area contributed by atoms with Gasteiger partial charge in [-0.15, -0.1) is 5.10 Å². The van der Waals surface area contributed by atoms with Gasteiger partial charge in [-0.3, -0.25) is 4.79 Å². The zero-order chi connectivity index (χ0) is 14.0. The molecule has 0 spiro atoms. The number of benzene rings is 1. The molecule has 0 atom stereocenters. The molecule has 0 radical (unpaired) electrons. The molecule has 0 amide bonds. The van der Waals surface area contributed by atoms with Gasteiger partial charge in [-0.25, -0.2) is 17.9 Å². The number of carbonyl (C=O) groups is 1. The highest BCUT2D eigenvalue weighted by atomic mass is 19.2. The first-order chi connectivity index (χ1) is 9.10. The third-order valence-electron chi connectivity index (χ3n) is 2.38. The molecule has 96 valence electrons. The largest absolute Gasteiger partial charge is 0.296 e. The molecular weight excluding hydrogens is 261 g/mol. The highest BCUT2D eigenvalue weighted by Crippen LogP contribution is 2.27. The van der Waals surface area contributed by atoms with Gasteiger partial charge in [0.15, 0.2) is 29.4 Å². The van der Waals surface area contributed by atoms with E-state index in [1.807, 2.05) is 0 Å². The van der Waals surface area contributed by atoms with Gasteiger partial charge in [0, 0.05) is 5.56 Å². The number of rotatable bonds is 3. The Morgan fingerprint density at radius 2 is 2.05 bits per heavy atom. The Morgan fingerprint density at radius 3 is 2.68 bits per heavy atom. The van der Waals surface area contributed by atoms with Crippen molar-refractivity contribution in [1.29, 1.82) is 5.26 Å². The lowest BCUT2D eigenvalue weighted by Gasteiger charge is -2.06. The maximum atomic E-state index is 13.7.